The van der Waals surface area contributed by atoms with Gasteiger partial charge in [0.25, 0.3) is 5.56 Å². The van der Waals surface area contributed by atoms with E-state index in [0.717, 1.165) is 0 Å². The van der Waals surface area contributed by atoms with Crippen molar-refractivity contribution in [1.82, 2.24) is 9.97 Å². The molecule has 0 amide bonds. The minimum atomic E-state index is -1.27. The summed E-state index contributed by atoms with van der Waals surface area (Å²) in [5, 5.41) is 28.0. The Labute approximate surface area is 106 Å². The molecule has 2 atom stereocenters. The Morgan fingerprint density at radius 2 is 2.00 bits per heavy atom. The molecule has 1 heterocycles. The summed E-state index contributed by atoms with van der Waals surface area (Å²) in [5.74, 6) is 0. The standard InChI is InChI=1S/C12H11N3O4/c13-4-3-9(16)10(17)6-1-2-8-7(5-6)11(18)15-12(19)14-8/h1-2,5,9-10,16-17H,3H2,(H2,14,15,18,19). The molecule has 4 N–H and O–H groups in total. The molecule has 7 nitrogen and oxygen atoms in total. The SMILES string of the molecule is N#CCC(O)C(O)c1ccc2[nH]c(=O)[nH]c(=O)c2c1. The fourth-order valence-corrected chi connectivity index (χ4v) is 1.79. The average molecular weight is 261 g/mol. The second-order valence-corrected chi connectivity index (χ2v) is 4.09. The number of aromatic amines is 2. The van der Waals surface area contributed by atoms with E-state index in [2.05, 4.69) is 9.97 Å². The Morgan fingerprint density at radius 1 is 1.26 bits per heavy atom. The van der Waals surface area contributed by atoms with Gasteiger partial charge in [-0.25, -0.2) is 4.79 Å². The van der Waals surface area contributed by atoms with Crippen molar-refractivity contribution in [2.45, 2.75) is 18.6 Å². The Bertz CT molecular complexity index is 756. The zero-order valence-corrected chi connectivity index (χ0v) is 9.75. The van der Waals surface area contributed by atoms with Crippen LogP contribution in [0, 0.1) is 11.3 Å². The zero-order chi connectivity index (χ0) is 14.0. The van der Waals surface area contributed by atoms with E-state index in [9.17, 15) is 19.8 Å². The van der Waals surface area contributed by atoms with E-state index in [1.807, 2.05) is 0 Å². The Hall–Kier alpha value is -2.43. The normalized spacial score (nSPS) is 13.9. The molecule has 98 valence electrons. The van der Waals surface area contributed by atoms with Crippen molar-refractivity contribution in [2.24, 2.45) is 0 Å². The molecule has 19 heavy (non-hydrogen) atoms. The number of aliphatic hydroxyl groups is 2. The molecule has 2 unspecified atom stereocenters. The van der Waals surface area contributed by atoms with Crippen molar-refractivity contribution in [3.8, 4) is 6.07 Å². The third-order valence-corrected chi connectivity index (χ3v) is 2.77. The first-order valence-corrected chi connectivity index (χ1v) is 5.52. The van der Waals surface area contributed by atoms with Crippen LogP contribution in [-0.4, -0.2) is 26.3 Å². The predicted molar refractivity (Wildman–Crippen MR) is 66.4 cm³/mol. The summed E-state index contributed by atoms with van der Waals surface area (Å²) in [6, 6.07) is 6.06. The van der Waals surface area contributed by atoms with Crippen LogP contribution in [0.2, 0.25) is 0 Å². The van der Waals surface area contributed by atoms with Gasteiger partial charge < -0.3 is 15.2 Å². The molecule has 1 aromatic carbocycles. The molecule has 0 saturated heterocycles. The Balaban J connectivity index is 2.51. The van der Waals surface area contributed by atoms with Crippen LogP contribution in [0.3, 0.4) is 0 Å². The third kappa shape index (κ3) is 2.54. The van der Waals surface area contributed by atoms with Gasteiger partial charge in [0.1, 0.15) is 6.10 Å². The molecule has 0 saturated carbocycles. The molecule has 2 rings (SSSR count). The predicted octanol–water partition coefficient (Wildman–Crippen LogP) is -0.476. The van der Waals surface area contributed by atoms with E-state index in [1.54, 1.807) is 6.07 Å². The minimum absolute atomic E-state index is 0.195. The average Bonchev–Trinajstić information content (AvgIpc) is 2.37. The first kappa shape index (κ1) is 13.0. The lowest BCUT2D eigenvalue weighted by Crippen LogP contribution is -2.22. The number of aromatic nitrogens is 2. The third-order valence-electron chi connectivity index (χ3n) is 2.77. The van der Waals surface area contributed by atoms with Crippen molar-refractivity contribution in [3.63, 3.8) is 0 Å². The number of hydrogen-bond acceptors (Lipinski definition) is 5. The fraction of sp³-hybridized carbons (Fsp3) is 0.250. The number of hydrogen-bond donors (Lipinski definition) is 4. The minimum Gasteiger partial charge on any atom is -0.389 e. The highest BCUT2D eigenvalue weighted by Crippen LogP contribution is 2.20. The molecule has 2 aromatic rings. The zero-order valence-electron chi connectivity index (χ0n) is 9.75. The number of nitrogens with zero attached hydrogens (tertiary/aromatic N) is 1. The summed E-state index contributed by atoms with van der Waals surface area (Å²) in [7, 11) is 0. The quantitative estimate of drug-likeness (QED) is 0.593. The van der Waals surface area contributed by atoms with Crippen LogP contribution in [0.25, 0.3) is 10.9 Å². The van der Waals surface area contributed by atoms with Crippen LogP contribution in [-0.2, 0) is 0 Å². The van der Waals surface area contributed by atoms with E-state index >= 15 is 0 Å². The van der Waals surface area contributed by atoms with Crippen LogP contribution in [0.4, 0.5) is 0 Å². The second-order valence-electron chi connectivity index (χ2n) is 4.09. The van der Waals surface area contributed by atoms with Crippen molar-refractivity contribution in [1.29, 1.82) is 5.26 Å². The van der Waals surface area contributed by atoms with E-state index in [0.29, 0.717) is 11.1 Å². The van der Waals surface area contributed by atoms with E-state index < -0.39 is 23.5 Å². The van der Waals surface area contributed by atoms with Gasteiger partial charge in [-0.3, -0.25) is 9.78 Å². The van der Waals surface area contributed by atoms with Crippen molar-refractivity contribution >= 4 is 10.9 Å². The van der Waals surface area contributed by atoms with Gasteiger partial charge in [-0.15, -0.1) is 0 Å². The summed E-state index contributed by atoms with van der Waals surface area (Å²) in [4.78, 5) is 27.2. The maximum absolute atomic E-state index is 11.6. The Kier molecular flexibility index (Phi) is 3.46. The molecule has 7 heteroatoms. The lowest BCUT2D eigenvalue weighted by atomic mass is 10.0. The number of nitriles is 1. The van der Waals surface area contributed by atoms with Gasteiger partial charge in [0, 0.05) is 0 Å². The smallest absolute Gasteiger partial charge is 0.326 e. The monoisotopic (exact) mass is 261 g/mol. The molecule has 0 spiro atoms. The van der Waals surface area contributed by atoms with Gasteiger partial charge in [0.2, 0.25) is 0 Å². The van der Waals surface area contributed by atoms with E-state index in [-0.39, 0.29) is 11.8 Å². The molecular formula is C12H11N3O4. The van der Waals surface area contributed by atoms with Crippen LogP contribution in [0.1, 0.15) is 18.1 Å². The van der Waals surface area contributed by atoms with E-state index in [1.165, 1.54) is 18.2 Å². The number of fused-ring (bicyclic) bond motifs is 1. The molecule has 0 aliphatic carbocycles. The topological polar surface area (TPSA) is 130 Å². The van der Waals surface area contributed by atoms with Gasteiger partial charge in [0.05, 0.1) is 29.5 Å². The highest BCUT2D eigenvalue weighted by molar-refractivity contribution is 5.77. The number of nitrogens with one attached hydrogen (secondary N) is 2. The first-order chi connectivity index (χ1) is 9.02. The van der Waals surface area contributed by atoms with Crippen LogP contribution in [0.15, 0.2) is 27.8 Å². The number of H-pyrrole nitrogens is 2. The second kappa shape index (κ2) is 5.06. The highest BCUT2D eigenvalue weighted by Gasteiger charge is 2.18. The van der Waals surface area contributed by atoms with Gasteiger partial charge >= 0.3 is 5.69 Å². The van der Waals surface area contributed by atoms with Gasteiger partial charge in [-0.2, -0.15) is 5.26 Å². The van der Waals surface area contributed by atoms with Crippen LogP contribution < -0.4 is 11.2 Å². The largest absolute Gasteiger partial charge is 0.389 e. The number of aliphatic hydroxyl groups excluding tert-OH is 2. The summed E-state index contributed by atoms with van der Waals surface area (Å²) in [6.45, 7) is 0. The Morgan fingerprint density at radius 3 is 2.68 bits per heavy atom. The molecule has 0 aliphatic rings. The molecule has 0 aliphatic heterocycles. The maximum atomic E-state index is 11.6. The van der Waals surface area contributed by atoms with Crippen LogP contribution in [0.5, 0.6) is 0 Å². The summed E-state index contributed by atoms with van der Waals surface area (Å²) in [5.41, 5.74) is -0.565. The molecule has 1 aromatic heterocycles. The van der Waals surface area contributed by atoms with Gasteiger partial charge in [0.15, 0.2) is 0 Å². The van der Waals surface area contributed by atoms with Crippen LogP contribution >= 0.6 is 0 Å². The van der Waals surface area contributed by atoms with Gasteiger partial charge in [-0.05, 0) is 17.7 Å². The molecule has 0 radical (unpaired) electrons. The van der Waals surface area contributed by atoms with Crippen molar-refractivity contribution < 1.29 is 10.2 Å². The molecule has 0 fully saturated rings. The number of benzene rings is 1. The van der Waals surface area contributed by atoms with Gasteiger partial charge in [-0.1, -0.05) is 6.07 Å². The fourth-order valence-electron chi connectivity index (χ4n) is 1.79. The van der Waals surface area contributed by atoms with Crippen molar-refractivity contribution in [2.75, 3.05) is 0 Å². The lowest BCUT2D eigenvalue weighted by molar-refractivity contribution is 0.0217. The van der Waals surface area contributed by atoms with E-state index in [4.69, 9.17) is 5.26 Å². The van der Waals surface area contributed by atoms with Crippen molar-refractivity contribution in [3.05, 3.63) is 44.6 Å². The molecule has 0 bridgehead atoms. The maximum Gasteiger partial charge on any atom is 0.326 e. The summed E-state index contributed by atoms with van der Waals surface area (Å²) < 4.78 is 0. The summed E-state index contributed by atoms with van der Waals surface area (Å²) >= 11 is 0. The highest BCUT2D eigenvalue weighted by atomic mass is 16.3. The first-order valence-electron chi connectivity index (χ1n) is 5.52. The molecular weight excluding hydrogens is 250 g/mol. The summed E-state index contributed by atoms with van der Waals surface area (Å²) in [6.07, 6.45) is -2.72. The lowest BCUT2D eigenvalue weighted by Gasteiger charge is -2.15. The number of rotatable bonds is 3.